The lowest BCUT2D eigenvalue weighted by Gasteiger charge is -2.27. The number of carbonyl (C=O) groups is 1. The molecule has 3 heterocycles. The van der Waals surface area contributed by atoms with E-state index >= 15 is 0 Å². The Labute approximate surface area is 189 Å². The molecule has 1 amide bonds. The molecule has 1 aliphatic rings. The molecule has 0 saturated carbocycles. The third-order valence-electron chi connectivity index (χ3n) is 5.26. The Hall–Kier alpha value is -2.42. The van der Waals surface area contributed by atoms with Gasteiger partial charge in [-0.15, -0.1) is 11.8 Å². The van der Waals surface area contributed by atoms with E-state index in [0.717, 1.165) is 5.03 Å². The maximum absolute atomic E-state index is 14.4. The minimum atomic E-state index is -0.395. The number of aromatic nitrogens is 2. The Morgan fingerprint density at radius 3 is 2.90 bits per heavy atom. The zero-order chi connectivity index (χ0) is 21.8. The summed E-state index contributed by atoms with van der Waals surface area (Å²) in [6, 6.07) is 11.7. The lowest BCUT2D eigenvalue weighted by molar-refractivity contribution is -0.135. The highest BCUT2D eigenvalue weighted by Crippen LogP contribution is 2.34. The Morgan fingerprint density at radius 1 is 1.32 bits per heavy atom. The van der Waals surface area contributed by atoms with E-state index in [1.165, 1.54) is 12.3 Å². The van der Waals surface area contributed by atoms with Gasteiger partial charge in [-0.25, -0.2) is 9.37 Å². The van der Waals surface area contributed by atoms with Gasteiger partial charge in [0.05, 0.1) is 17.6 Å². The average molecular weight is 461 g/mol. The number of carbonyl (C=O) groups excluding carboxylic acids is 1. The van der Waals surface area contributed by atoms with Crippen molar-refractivity contribution in [3.63, 3.8) is 0 Å². The van der Waals surface area contributed by atoms with E-state index in [1.807, 2.05) is 23.1 Å². The highest BCUT2D eigenvalue weighted by Gasteiger charge is 2.39. The first-order chi connectivity index (χ1) is 15.0. The Balaban J connectivity index is 1.53. The number of hydrogen-bond donors (Lipinski definition) is 0. The van der Waals surface area contributed by atoms with Crippen LogP contribution in [0.1, 0.15) is 17.7 Å². The zero-order valence-electron chi connectivity index (χ0n) is 16.9. The van der Waals surface area contributed by atoms with Gasteiger partial charge in [-0.1, -0.05) is 28.9 Å². The number of benzene rings is 1. The number of pyridine rings is 1. The molecule has 0 bridgehead atoms. The molecule has 1 saturated heterocycles. The summed E-state index contributed by atoms with van der Waals surface area (Å²) in [4.78, 5) is 21.3. The Bertz CT molecular complexity index is 1000. The molecular weight excluding hydrogens is 439 g/mol. The molecule has 1 aromatic carbocycles. The van der Waals surface area contributed by atoms with Crippen LogP contribution in [0.5, 0.6) is 0 Å². The standard InChI is InChI=1S/C22H22ClFN4O2S/c1-27(12-15-8-10-30-26-15)22(29)20-11-16(31-21-7-2-3-9-25-21)13-28(20)14-17-18(23)5-4-6-19(17)24/h2-10,16,20H,11-14H2,1H3/t16-,20+/m1/s1. The number of thioether (sulfide) groups is 1. The molecule has 1 fully saturated rings. The van der Waals surface area contributed by atoms with Gasteiger partial charge in [0, 0.05) is 48.2 Å². The predicted molar refractivity (Wildman–Crippen MR) is 117 cm³/mol. The second-order valence-electron chi connectivity index (χ2n) is 7.47. The van der Waals surface area contributed by atoms with E-state index in [9.17, 15) is 9.18 Å². The van der Waals surface area contributed by atoms with Crippen molar-refractivity contribution in [2.24, 2.45) is 0 Å². The summed E-state index contributed by atoms with van der Waals surface area (Å²) in [6.07, 6.45) is 3.87. The summed E-state index contributed by atoms with van der Waals surface area (Å²) in [6.45, 7) is 1.23. The van der Waals surface area contributed by atoms with Crippen LogP contribution in [0.25, 0.3) is 0 Å². The molecule has 0 N–H and O–H groups in total. The van der Waals surface area contributed by atoms with E-state index in [1.54, 1.807) is 48.1 Å². The summed E-state index contributed by atoms with van der Waals surface area (Å²) in [7, 11) is 1.74. The van der Waals surface area contributed by atoms with Crippen molar-refractivity contribution in [1.82, 2.24) is 19.9 Å². The second kappa shape index (κ2) is 9.80. The normalized spacial score (nSPS) is 18.9. The van der Waals surface area contributed by atoms with Gasteiger partial charge in [-0.2, -0.15) is 0 Å². The molecule has 0 aliphatic carbocycles. The van der Waals surface area contributed by atoms with Crippen molar-refractivity contribution in [1.29, 1.82) is 0 Å². The Morgan fingerprint density at radius 2 is 2.19 bits per heavy atom. The van der Waals surface area contributed by atoms with E-state index in [4.69, 9.17) is 16.1 Å². The monoisotopic (exact) mass is 460 g/mol. The molecule has 9 heteroatoms. The van der Waals surface area contributed by atoms with Crippen molar-refractivity contribution >= 4 is 29.3 Å². The first-order valence-electron chi connectivity index (χ1n) is 9.90. The Kier molecular flexibility index (Phi) is 6.89. The van der Waals surface area contributed by atoms with Crippen LogP contribution in [0.2, 0.25) is 5.02 Å². The van der Waals surface area contributed by atoms with Gasteiger partial charge >= 0.3 is 0 Å². The molecule has 4 rings (SSSR count). The minimum absolute atomic E-state index is 0.0421. The van der Waals surface area contributed by atoms with Crippen molar-refractivity contribution in [2.75, 3.05) is 13.6 Å². The number of halogens is 2. The van der Waals surface area contributed by atoms with Crippen LogP contribution < -0.4 is 0 Å². The first kappa shape index (κ1) is 21.8. The SMILES string of the molecule is CN(Cc1ccon1)C(=O)[C@@H]1C[C@@H](Sc2ccccn2)CN1Cc1c(F)cccc1Cl. The summed E-state index contributed by atoms with van der Waals surface area (Å²) in [5.41, 5.74) is 1.08. The van der Waals surface area contributed by atoms with Crippen molar-refractivity contribution in [2.45, 2.75) is 35.8 Å². The first-order valence-corrected chi connectivity index (χ1v) is 11.2. The molecule has 0 unspecified atom stereocenters. The topological polar surface area (TPSA) is 62.5 Å². The van der Waals surface area contributed by atoms with Gasteiger partial charge < -0.3 is 9.42 Å². The van der Waals surface area contributed by atoms with Crippen LogP contribution in [-0.2, 0) is 17.9 Å². The molecule has 6 nitrogen and oxygen atoms in total. The zero-order valence-corrected chi connectivity index (χ0v) is 18.5. The number of hydrogen-bond acceptors (Lipinski definition) is 6. The molecule has 31 heavy (non-hydrogen) atoms. The smallest absolute Gasteiger partial charge is 0.240 e. The summed E-state index contributed by atoms with van der Waals surface area (Å²) >= 11 is 7.90. The number of likely N-dealkylation sites (tertiary alicyclic amines) is 1. The van der Waals surface area contributed by atoms with E-state index in [0.29, 0.717) is 35.8 Å². The highest BCUT2D eigenvalue weighted by molar-refractivity contribution is 7.99. The van der Waals surface area contributed by atoms with Gasteiger partial charge in [-0.3, -0.25) is 9.69 Å². The van der Waals surface area contributed by atoms with E-state index < -0.39 is 6.04 Å². The molecule has 1 aliphatic heterocycles. The molecule has 162 valence electrons. The van der Waals surface area contributed by atoms with Crippen LogP contribution in [0.4, 0.5) is 4.39 Å². The van der Waals surface area contributed by atoms with Gasteiger partial charge in [0.1, 0.15) is 17.8 Å². The van der Waals surface area contributed by atoms with Gasteiger partial charge in [0.15, 0.2) is 0 Å². The minimum Gasteiger partial charge on any atom is -0.364 e. The van der Waals surface area contributed by atoms with Crippen LogP contribution in [0.3, 0.4) is 0 Å². The number of amides is 1. The fourth-order valence-corrected chi connectivity index (χ4v) is 5.13. The largest absolute Gasteiger partial charge is 0.364 e. The van der Waals surface area contributed by atoms with E-state index in [2.05, 4.69) is 10.1 Å². The molecule has 3 aromatic rings. The predicted octanol–water partition coefficient (Wildman–Crippen LogP) is 4.26. The lowest BCUT2D eigenvalue weighted by Crippen LogP contribution is -2.43. The van der Waals surface area contributed by atoms with Crippen LogP contribution in [0.15, 0.2) is 64.5 Å². The van der Waals surface area contributed by atoms with Crippen molar-refractivity contribution in [3.05, 3.63) is 77.0 Å². The average Bonchev–Trinajstić information content (AvgIpc) is 3.41. The second-order valence-corrected chi connectivity index (χ2v) is 9.20. The maximum atomic E-state index is 14.4. The van der Waals surface area contributed by atoms with Crippen molar-refractivity contribution in [3.8, 4) is 0 Å². The molecule has 2 aromatic heterocycles. The van der Waals surface area contributed by atoms with Crippen molar-refractivity contribution < 1.29 is 13.7 Å². The third kappa shape index (κ3) is 5.26. The molecule has 2 atom stereocenters. The fraction of sp³-hybridized carbons (Fsp3) is 0.318. The molecular formula is C22H22ClFN4O2S. The van der Waals surface area contributed by atoms with Crippen LogP contribution in [0, 0.1) is 5.82 Å². The summed E-state index contributed by atoms with van der Waals surface area (Å²) < 4.78 is 19.3. The van der Waals surface area contributed by atoms with Gasteiger partial charge in [0.2, 0.25) is 5.91 Å². The van der Waals surface area contributed by atoms with Gasteiger partial charge in [0.25, 0.3) is 0 Å². The van der Waals surface area contributed by atoms with Gasteiger partial charge in [-0.05, 0) is 30.7 Å². The van der Waals surface area contributed by atoms with E-state index in [-0.39, 0.29) is 23.5 Å². The third-order valence-corrected chi connectivity index (χ3v) is 6.78. The summed E-state index contributed by atoms with van der Waals surface area (Å²) in [5, 5.41) is 5.30. The van der Waals surface area contributed by atoms with Crippen LogP contribution >= 0.6 is 23.4 Å². The molecule has 0 spiro atoms. The number of nitrogens with zero attached hydrogens (tertiary/aromatic N) is 4. The highest BCUT2D eigenvalue weighted by atomic mass is 35.5. The molecule has 0 radical (unpaired) electrons. The summed E-state index contributed by atoms with van der Waals surface area (Å²) in [5.74, 6) is -0.407. The fourth-order valence-electron chi connectivity index (χ4n) is 3.75. The maximum Gasteiger partial charge on any atom is 0.240 e. The number of likely N-dealkylation sites (N-methyl/N-ethyl adjacent to an activating group) is 1. The lowest BCUT2D eigenvalue weighted by atomic mass is 10.1. The quantitative estimate of drug-likeness (QED) is 0.525. The van der Waals surface area contributed by atoms with Crippen LogP contribution in [-0.4, -0.2) is 50.7 Å². The number of rotatable bonds is 7.